The first-order valence-electron chi connectivity index (χ1n) is 7.92. The van der Waals surface area contributed by atoms with Gasteiger partial charge in [0.25, 0.3) is 0 Å². The van der Waals surface area contributed by atoms with Crippen LogP contribution in [0.3, 0.4) is 0 Å². The van der Waals surface area contributed by atoms with Crippen molar-refractivity contribution in [3.05, 3.63) is 39.7 Å². The van der Waals surface area contributed by atoms with Crippen LogP contribution in [-0.4, -0.2) is 30.8 Å². The van der Waals surface area contributed by atoms with Crippen molar-refractivity contribution >= 4 is 23.0 Å². The number of allylic oxidation sites excluding steroid dienone is 4. The molecule has 2 aromatic heterocycles. The summed E-state index contributed by atoms with van der Waals surface area (Å²) < 4.78 is 40.4. The molecule has 25 heavy (non-hydrogen) atoms. The first kappa shape index (κ1) is 16.4. The Morgan fingerprint density at radius 3 is 2.72 bits per heavy atom. The molecular formula is C16H15F3N4OS. The average molecular weight is 368 g/mol. The van der Waals surface area contributed by atoms with Crippen LogP contribution in [-0.2, 0) is 0 Å². The molecule has 2 aliphatic carbocycles. The van der Waals surface area contributed by atoms with E-state index in [0.29, 0.717) is 34.9 Å². The Morgan fingerprint density at radius 2 is 2.08 bits per heavy atom. The SMILES string of the molecule is Cc1nn2c(=O)[nH]c(SC3CC(F)(F)C3)nc2c1C1=CC=C(F)CC1. The summed E-state index contributed by atoms with van der Waals surface area (Å²) in [6.07, 6.45) is 3.44. The van der Waals surface area contributed by atoms with Gasteiger partial charge in [0, 0.05) is 30.1 Å². The van der Waals surface area contributed by atoms with Crippen LogP contribution in [0.5, 0.6) is 0 Å². The fourth-order valence-corrected chi connectivity index (χ4v) is 4.38. The molecule has 0 aromatic carbocycles. The van der Waals surface area contributed by atoms with E-state index < -0.39 is 11.6 Å². The second-order valence-corrected chi connectivity index (χ2v) is 7.64. The smallest absolute Gasteiger partial charge is 0.285 e. The fraction of sp³-hybridized carbons (Fsp3) is 0.438. The van der Waals surface area contributed by atoms with Gasteiger partial charge in [-0.05, 0) is 25.0 Å². The van der Waals surface area contributed by atoms with E-state index in [2.05, 4.69) is 15.1 Å². The van der Waals surface area contributed by atoms with E-state index in [1.54, 1.807) is 13.0 Å². The number of H-pyrrole nitrogens is 1. The predicted octanol–water partition coefficient (Wildman–Crippen LogP) is 3.65. The van der Waals surface area contributed by atoms with E-state index in [-0.39, 0.29) is 23.9 Å². The molecule has 0 unspecified atom stereocenters. The number of fused-ring (bicyclic) bond motifs is 1. The van der Waals surface area contributed by atoms with Crippen LogP contribution in [0, 0.1) is 6.92 Å². The highest BCUT2D eigenvalue weighted by molar-refractivity contribution is 7.99. The van der Waals surface area contributed by atoms with E-state index in [1.165, 1.54) is 10.6 Å². The van der Waals surface area contributed by atoms with Crippen molar-refractivity contribution < 1.29 is 13.2 Å². The second kappa shape index (κ2) is 5.76. The molecule has 0 amide bonds. The van der Waals surface area contributed by atoms with Gasteiger partial charge in [-0.1, -0.05) is 17.8 Å². The minimum absolute atomic E-state index is 0.189. The lowest BCUT2D eigenvalue weighted by Crippen LogP contribution is -2.37. The van der Waals surface area contributed by atoms with Gasteiger partial charge in [-0.2, -0.15) is 9.61 Å². The summed E-state index contributed by atoms with van der Waals surface area (Å²) in [5.74, 6) is -2.81. The number of halogens is 3. The highest BCUT2D eigenvalue weighted by Gasteiger charge is 2.46. The maximum atomic E-state index is 13.3. The Balaban J connectivity index is 1.74. The molecule has 2 aromatic rings. The Bertz CT molecular complexity index is 968. The zero-order valence-electron chi connectivity index (χ0n) is 13.4. The summed E-state index contributed by atoms with van der Waals surface area (Å²) in [7, 11) is 0. The number of aromatic nitrogens is 4. The van der Waals surface area contributed by atoms with Gasteiger partial charge in [-0.3, -0.25) is 4.98 Å². The van der Waals surface area contributed by atoms with E-state index in [0.717, 1.165) is 17.3 Å². The van der Waals surface area contributed by atoms with Crippen LogP contribution in [0.1, 0.15) is 36.9 Å². The van der Waals surface area contributed by atoms with Crippen molar-refractivity contribution in [3.8, 4) is 0 Å². The highest BCUT2D eigenvalue weighted by Crippen LogP contribution is 2.45. The maximum Gasteiger partial charge on any atom is 0.350 e. The molecule has 0 saturated heterocycles. The summed E-state index contributed by atoms with van der Waals surface area (Å²) in [5, 5.41) is 4.25. The minimum Gasteiger partial charge on any atom is -0.285 e. The summed E-state index contributed by atoms with van der Waals surface area (Å²) in [6.45, 7) is 1.76. The van der Waals surface area contributed by atoms with Crippen LogP contribution in [0.15, 0.2) is 27.9 Å². The number of thioether (sulfide) groups is 1. The zero-order valence-corrected chi connectivity index (χ0v) is 14.2. The lowest BCUT2D eigenvalue weighted by molar-refractivity contribution is -0.0667. The quantitative estimate of drug-likeness (QED) is 0.898. The number of aromatic amines is 1. The number of nitrogens with one attached hydrogen (secondary N) is 1. The molecule has 0 spiro atoms. The Hall–Kier alpha value is -2.03. The van der Waals surface area contributed by atoms with Gasteiger partial charge in [0.1, 0.15) is 5.83 Å². The fourth-order valence-electron chi connectivity index (χ4n) is 3.13. The summed E-state index contributed by atoms with van der Waals surface area (Å²) in [6, 6.07) is 0. The second-order valence-electron chi connectivity index (χ2n) is 6.35. The zero-order chi connectivity index (χ0) is 17.8. The lowest BCUT2D eigenvalue weighted by atomic mass is 9.94. The number of alkyl halides is 2. The van der Waals surface area contributed by atoms with Crippen molar-refractivity contribution in [2.24, 2.45) is 0 Å². The summed E-state index contributed by atoms with van der Waals surface area (Å²) in [5.41, 5.74) is 2.09. The Labute approximate surface area is 145 Å². The summed E-state index contributed by atoms with van der Waals surface area (Å²) in [4.78, 5) is 19.3. The lowest BCUT2D eigenvalue weighted by Gasteiger charge is -2.33. The van der Waals surface area contributed by atoms with Crippen molar-refractivity contribution in [1.82, 2.24) is 19.6 Å². The van der Waals surface area contributed by atoms with Crippen molar-refractivity contribution in [1.29, 1.82) is 0 Å². The molecule has 0 bridgehead atoms. The molecule has 2 aliphatic rings. The summed E-state index contributed by atoms with van der Waals surface area (Å²) >= 11 is 1.15. The first-order valence-corrected chi connectivity index (χ1v) is 8.80. The van der Waals surface area contributed by atoms with Gasteiger partial charge in [0.2, 0.25) is 5.92 Å². The van der Waals surface area contributed by atoms with Crippen molar-refractivity contribution in [2.45, 2.75) is 48.9 Å². The van der Waals surface area contributed by atoms with Gasteiger partial charge in [0.15, 0.2) is 10.8 Å². The maximum absolute atomic E-state index is 13.3. The van der Waals surface area contributed by atoms with Gasteiger partial charge >= 0.3 is 5.69 Å². The number of nitrogens with zero attached hydrogens (tertiary/aromatic N) is 3. The normalized spacial score (nSPS) is 20.3. The van der Waals surface area contributed by atoms with Crippen LogP contribution >= 0.6 is 11.8 Å². The molecule has 9 heteroatoms. The third kappa shape index (κ3) is 3.01. The molecule has 0 radical (unpaired) electrons. The van der Waals surface area contributed by atoms with E-state index in [4.69, 9.17) is 0 Å². The largest absolute Gasteiger partial charge is 0.350 e. The molecule has 1 fully saturated rings. The molecule has 5 nitrogen and oxygen atoms in total. The molecule has 0 aliphatic heterocycles. The minimum atomic E-state index is -2.62. The van der Waals surface area contributed by atoms with Crippen molar-refractivity contribution in [3.63, 3.8) is 0 Å². The molecule has 1 saturated carbocycles. The number of hydrogen-bond donors (Lipinski definition) is 1. The van der Waals surface area contributed by atoms with Gasteiger partial charge < -0.3 is 0 Å². The molecule has 132 valence electrons. The van der Waals surface area contributed by atoms with Crippen LogP contribution in [0.25, 0.3) is 11.2 Å². The van der Waals surface area contributed by atoms with Crippen molar-refractivity contribution in [2.75, 3.05) is 0 Å². The highest BCUT2D eigenvalue weighted by atomic mass is 32.2. The average Bonchev–Trinajstić information content (AvgIpc) is 2.83. The van der Waals surface area contributed by atoms with Crippen LogP contribution in [0.4, 0.5) is 13.2 Å². The topological polar surface area (TPSA) is 63.1 Å². The van der Waals surface area contributed by atoms with E-state index >= 15 is 0 Å². The predicted molar refractivity (Wildman–Crippen MR) is 88.6 cm³/mol. The Morgan fingerprint density at radius 1 is 1.32 bits per heavy atom. The molecule has 0 atom stereocenters. The van der Waals surface area contributed by atoms with Gasteiger partial charge in [0.05, 0.1) is 5.69 Å². The molecule has 2 heterocycles. The van der Waals surface area contributed by atoms with E-state index in [1.807, 2.05) is 0 Å². The van der Waals surface area contributed by atoms with Gasteiger partial charge in [-0.15, -0.1) is 0 Å². The third-order valence-corrected chi connectivity index (χ3v) is 5.48. The third-order valence-electron chi connectivity index (χ3n) is 4.40. The monoisotopic (exact) mass is 368 g/mol. The number of hydrogen-bond acceptors (Lipinski definition) is 4. The van der Waals surface area contributed by atoms with E-state index in [9.17, 15) is 18.0 Å². The number of rotatable bonds is 3. The van der Waals surface area contributed by atoms with Crippen LogP contribution < -0.4 is 5.69 Å². The Kier molecular flexibility index (Phi) is 3.78. The van der Waals surface area contributed by atoms with Gasteiger partial charge in [-0.25, -0.2) is 22.9 Å². The number of aryl methyl sites for hydroxylation is 1. The first-order chi connectivity index (χ1) is 11.8. The van der Waals surface area contributed by atoms with Crippen LogP contribution in [0.2, 0.25) is 0 Å². The molecule has 4 rings (SSSR count). The molecule has 1 N–H and O–H groups in total. The standard InChI is InChI=1S/C16H15F3N4OS/c1-8-12(9-2-4-10(17)5-3-9)13-20-14(21-15(24)23(13)22-8)25-11-6-16(18,19)7-11/h2,4,11H,3,5-7H2,1H3,(H,20,21,24). The molecular weight excluding hydrogens is 353 g/mol.